The average molecular weight is 275 g/mol. The van der Waals surface area contributed by atoms with Crippen LogP contribution in [0.25, 0.3) is 10.9 Å². The fraction of sp³-hybridized carbons (Fsp3) is 0.385. The van der Waals surface area contributed by atoms with Crippen molar-refractivity contribution in [1.82, 2.24) is 15.3 Å². The second kappa shape index (κ2) is 6.76. The molecule has 0 unspecified atom stereocenters. The number of nitrogens with one attached hydrogen (secondary N) is 2. The summed E-state index contributed by atoms with van der Waals surface area (Å²) < 4.78 is 0. The Kier molecular flexibility index (Phi) is 4.78. The zero-order valence-corrected chi connectivity index (χ0v) is 11.3. The minimum atomic E-state index is -0.415. The summed E-state index contributed by atoms with van der Waals surface area (Å²) in [5, 5.41) is 17.9. The molecule has 1 aromatic heterocycles. The molecular formula is C13H17N5O2. The summed E-state index contributed by atoms with van der Waals surface area (Å²) in [4.78, 5) is 18.7. The number of aromatic nitrogens is 2. The van der Waals surface area contributed by atoms with Crippen LogP contribution in [0.5, 0.6) is 0 Å². The number of nitrogens with zero attached hydrogens (tertiary/aromatic N) is 3. The maximum atomic E-state index is 10.8. The van der Waals surface area contributed by atoms with Gasteiger partial charge in [0, 0.05) is 24.1 Å². The fourth-order valence-corrected chi connectivity index (χ4v) is 1.90. The van der Waals surface area contributed by atoms with Crippen LogP contribution >= 0.6 is 0 Å². The Morgan fingerprint density at radius 2 is 2.15 bits per heavy atom. The van der Waals surface area contributed by atoms with Crippen LogP contribution in [-0.4, -0.2) is 34.5 Å². The monoisotopic (exact) mass is 275 g/mol. The van der Waals surface area contributed by atoms with Crippen LogP contribution in [0.3, 0.4) is 0 Å². The molecule has 7 nitrogen and oxygen atoms in total. The van der Waals surface area contributed by atoms with Crippen LogP contribution in [0.1, 0.15) is 13.3 Å². The Morgan fingerprint density at radius 3 is 2.90 bits per heavy atom. The SMILES string of the molecule is CCNCCCNc1ncnc2ccc([N+](=O)[O-])cc12. The standard InChI is InChI=1S/C13H17N5O2/c1-2-14-6-3-7-15-13-11-8-10(18(19)20)4-5-12(11)16-9-17-13/h4-5,8-9,14H,2-3,6-7H2,1H3,(H,15,16,17). The van der Waals surface area contributed by atoms with Crippen molar-refractivity contribution in [3.63, 3.8) is 0 Å². The lowest BCUT2D eigenvalue weighted by molar-refractivity contribution is -0.384. The van der Waals surface area contributed by atoms with Crippen molar-refractivity contribution in [2.45, 2.75) is 13.3 Å². The van der Waals surface area contributed by atoms with E-state index in [1.165, 1.54) is 18.5 Å². The molecule has 1 aromatic carbocycles. The van der Waals surface area contributed by atoms with Crippen LogP contribution in [0.2, 0.25) is 0 Å². The molecule has 0 aliphatic carbocycles. The number of non-ortho nitro benzene ring substituents is 1. The molecule has 7 heteroatoms. The second-order valence-corrected chi connectivity index (χ2v) is 4.31. The predicted molar refractivity (Wildman–Crippen MR) is 77.8 cm³/mol. The number of nitro benzene ring substituents is 1. The zero-order valence-electron chi connectivity index (χ0n) is 11.3. The lowest BCUT2D eigenvalue weighted by Gasteiger charge is -2.08. The Hall–Kier alpha value is -2.28. The van der Waals surface area contributed by atoms with Crippen molar-refractivity contribution in [3.05, 3.63) is 34.6 Å². The fourth-order valence-electron chi connectivity index (χ4n) is 1.90. The number of benzene rings is 1. The Balaban J connectivity index is 2.15. The molecule has 0 amide bonds. The average Bonchev–Trinajstić information content (AvgIpc) is 2.46. The van der Waals surface area contributed by atoms with Gasteiger partial charge in [-0.1, -0.05) is 6.92 Å². The minimum absolute atomic E-state index is 0.0444. The zero-order chi connectivity index (χ0) is 14.4. The summed E-state index contributed by atoms with van der Waals surface area (Å²) in [5.74, 6) is 0.634. The summed E-state index contributed by atoms with van der Waals surface area (Å²) in [6, 6.07) is 4.59. The Labute approximate surface area is 116 Å². The molecule has 0 saturated heterocycles. The number of fused-ring (bicyclic) bond motifs is 1. The Morgan fingerprint density at radius 1 is 1.30 bits per heavy atom. The number of anilines is 1. The maximum Gasteiger partial charge on any atom is 0.270 e. The highest BCUT2D eigenvalue weighted by Crippen LogP contribution is 2.24. The summed E-state index contributed by atoms with van der Waals surface area (Å²) in [5.41, 5.74) is 0.739. The molecule has 0 saturated carbocycles. The van der Waals surface area contributed by atoms with E-state index in [0.29, 0.717) is 16.7 Å². The summed E-state index contributed by atoms with van der Waals surface area (Å²) in [6.45, 7) is 4.68. The van der Waals surface area contributed by atoms with Crippen molar-refractivity contribution in [1.29, 1.82) is 0 Å². The summed E-state index contributed by atoms with van der Waals surface area (Å²) in [7, 11) is 0. The molecular weight excluding hydrogens is 258 g/mol. The molecule has 0 spiro atoms. The van der Waals surface area contributed by atoms with Gasteiger partial charge in [0.15, 0.2) is 0 Å². The first-order chi connectivity index (χ1) is 9.72. The summed E-state index contributed by atoms with van der Waals surface area (Å²) >= 11 is 0. The van der Waals surface area contributed by atoms with E-state index in [2.05, 4.69) is 27.5 Å². The lowest BCUT2D eigenvalue weighted by atomic mass is 10.2. The normalized spacial score (nSPS) is 10.7. The molecule has 2 aromatic rings. The molecule has 0 bridgehead atoms. The second-order valence-electron chi connectivity index (χ2n) is 4.31. The number of hydrogen-bond acceptors (Lipinski definition) is 6. The van der Waals surface area contributed by atoms with Crippen LogP contribution in [-0.2, 0) is 0 Å². The van der Waals surface area contributed by atoms with E-state index in [-0.39, 0.29) is 5.69 Å². The van der Waals surface area contributed by atoms with Gasteiger partial charge in [-0.15, -0.1) is 0 Å². The highest BCUT2D eigenvalue weighted by Gasteiger charge is 2.10. The molecule has 2 rings (SSSR count). The number of hydrogen-bond donors (Lipinski definition) is 2. The van der Waals surface area contributed by atoms with Crippen molar-refractivity contribution in [3.8, 4) is 0 Å². The van der Waals surface area contributed by atoms with E-state index in [0.717, 1.165) is 26.1 Å². The van der Waals surface area contributed by atoms with E-state index in [1.807, 2.05) is 0 Å². The lowest BCUT2D eigenvalue weighted by Crippen LogP contribution is -2.17. The van der Waals surface area contributed by atoms with Gasteiger partial charge in [-0.05, 0) is 25.6 Å². The minimum Gasteiger partial charge on any atom is -0.369 e. The van der Waals surface area contributed by atoms with E-state index in [4.69, 9.17) is 0 Å². The van der Waals surface area contributed by atoms with Crippen molar-refractivity contribution in [2.24, 2.45) is 0 Å². The van der Waals surface area contributed by atoms with E-state index >= 15 is 0 Å². The third kappa shape index (κ3) is 3.39. The van der Waals surface area contributed by atoms with Gasteiger partial charge in [0.05, 0.1) is 10.4 Å². The van der Waals surface area contributed by atoms with Gasteiger partial charge < -0.3 is 10.6 Å². The van der Waals surface area contributed by atoms with E-state index in [1.54, 1.807) is 6.07 Å². The van der Waals surface area contributed by atoms with Crippen molar-refractivity contribution >= 4 is 22.4 Å². The molecule has 20 heavy (non-hydrogen) atoms. The maximum absolute atomic E-state index is 10.8. The van der Waals surface area contributed by atoms with Gasteiger partial charge in [-0.25, -0.2) is 9.97 Å². The Bertz CT molecular complexity index is 602. The van der Waals surface area contributed by atoms with Crippen LogP contribution in [0, 0.1) is 10.1 Å². The molecule has 0 aliphatic heterocycles. The van der Waals surface area contributed by atoms with Crippen LogP contribution < -0.4 is 10.6 Å². The van der Waals surface area contributed by atoms with Gasteiger partial charge in [-0.2, -0.15) is 0 Å². The van der Waals surface area contributed by atoms with Gasteiger partial charge >= 0.3 is 0 Å². The summed E-state index contributed by atoms with van der Waals surface area (Å²) in [6.07, 6.45) is 2.41. The van der Waals surface area contributed by atoms with Crippen LogP contribution in [0.15, 0.2) is 24.5 Å². The third-order valence-electron chi connectivity index (χ3n) is 2.90. The van der Waals surface area contributed by atoms with Gasteiger partial charge in [0.1, 0.15) is 12.1 Å². The first-order valence-corrected chi connectivity index (χ1v) is 6.56. The van der Waals surface area contributed by atoms with Gasteiger partial charge in [0.2, 0.25) is 0 Å². The molecule has 0 atom stereocenters. The molecule has 1 heterocycles. The molecule has 2 N–H and O–H groups in total. The first kappa shape index (κ1) is 14.1. The van der Waals surface area contributed by atoms with Gasteiger partial charge in [0.25, 0.3) is 5.69 Å². The van der Waals surface area contributed by atoms with Crippen molar-refractivity contribution < 1.29 is 4.92 Å². The van der Waals surface area contributed by atoms with E-state index < -0.39 is 4.92 Å². The third-order valence-corrected chi connectivity index (χ3v) is 2.90. The number of nitro groups is 1. The highest BCUT2D eigenvalue weighted by atomic mass is 16.6. The largest absolute Gasteiger partial charge is 0.369 e. The van der Waals surface area contributed by atoms with E-state index in [9.17, 15) is 10.1 Å². The predicted octanol–water partition coefficient (Wildman–Crippen LogP) is 1.95. The van der Waals surface area contributed by atoms with Crippen LogP contribution in [0.4, 0.5) is 11.5 Å². The molecule has 0 aliphatic rings. The quantitative estimate of drug-likeness (QED) is 0.456. The molecule has 0 radical (unpaired) electrons. The molecule has 0 fully saturated rings. The highest BCUT2D eigenvalue weighted by molar-refractivity contribution is 5.90. The van der Waals surface area contributed by atoms with Crippen molar-refractivity contribution in [2.75, 3.05) is 25.0 Å². The number of rotatable bonds is 7. The topological polar surface area (TPSA) is 93.0 Å². The smallest absolute Gasteiger partial charge is 0.270 e. The molecule has 106 valence electrons. The first-order valence-electron chi connectivity index (χ1n) is 6.56. The van der Waals surface area contributed by atoms with Gasteiger partial charge in [-0.3, -0.25) is 10.1 Å².